The number of nitrogens with zero attached hydrogens (tertiary/aromatic N) is 1. The molecule has 1 heterocycles. The van der Waals surface area contributed by atoms with Gasteiger partial charge in [0.05, 0.1) is 0 Å². The zero-order valence-electron chi connectivity index (χ0n) is 11.9. The second-order valence-electron chi connectivity index (χ2n) is 5.76. The van der Waals surface area contributed by atoms with Crippen molar-refractivity contribution in [3.8, 4) is 0 Å². The van der Waals surface area contributed by atoms with Crippen molar-refractivity contribution < 1.29 is 4.79 Å². The molecule has 98 valence electrons. The minimum atomic E-state index is -0.0812. The summed E-state index contributed by atoms with van der Waals surface area (Å²) in [4.78, 5) is 14.3. The maximum absolute atomic E-state index is 12.3. The van der Waals surface area contributed by atoms with Crippen molar-refractivity contribution in [3.63, 3.8) is 0 Å². The third-order valence-corrected chi connectivity index (χ3v) is 4.01. The van der Waals surface area contributed by atoms with Crippen LogP contribution >= 0.6 is 0 Å². The largest absolute Gasteiger partial charge is 0.307 e. The van der Waals surface area contributed by atoms with Crippen molar-refractivity contribution in [2.45, 2.75) is 58.4 Å². The maximum Gasteiger partial charge on any atom is 0.227 e. The van der Waals surface area contributed by atoms with Crippen LogP contribution in [0.4, 0.5) is 5.69 Å². The normalized spacial score (nSPS) is 21.6. The van der Waals surface area contributed by atoms with E-state index < -0.39 is 0 Å². The van der Waals surface area contributed by atoms with Gasteiger partial charge in [0.15, 0.2) is 0 Å². The Kier molecular flexibility index (Phi) is 3.47. The molecule has 2 nitrogen and oxygen atoms in total. The fraction of sp³-hybridized carbons (Fsp3) is 0.562. The van der Waals surface area contributed by atoms with Gasteiger partial charge in [-0.25, -0.2) is 0 Å². The first-order valence-electron chi connectivity index (χ1n) is 6.93. The predicted molar refractivity (Wildman–Crippen MR) is 75.9 cm³/mol. The summed E-state index contributed by atoms with van der Waals surface area (Å²) in [7, 11) is 0. The highest BCUT2D eigenvalue weighted by atomic mass is 16.2. The summed E-state index contributed by atoms with van der Waals surface area (Å²) in [5, 5.41) is 0. The number of amides is 1. The second kappa shape index (κ2) is 4.75. The van der Waals surface area contributed by atoms with Gasteiger partial charge in [0.25, 0.3) is 0 Å². The molecular formula is C16H23NO. The van der Waals surface area contributed by atoms with E-state index >= 15 is 0 Å². The number of hydrogen-bond donors (Lipinski definition) is 0. The van der Waals surface area contributed by atoms with Gasteiger partial charge in [-0.3, -0.25) is 4.79 Å². The molecule has 0 spiro atoms. The average molecular weight is 245 g/mol. The fourth-order valence-corrected chi connectivity index (χ4v) is 3.16. The zero-order chi connectivity index (χ0) is 13.3. The maximum atomic E-state index is 12.3. The van der Waals surface area contributed by atoms with Gasteiger partial charge in [0.2, 0.25) is 5.91 Å². The minimum Gasteiger partial charge on any atom is -0.307 e. The molecule has 0 N–H and O–H groups in total. The molecule has 0 aliphatic carbocycles. The first kappa shape index (κ1) is 13.1. The molecule has 1 aliphatic heterocycles. The molecule has 0 radical (unpaired) electrons. The lowest BCUT2D eigenvalue weighted by molar-refractivity contribution is -0.119. The predicted octanol–water partition coefficient (Wildman–Crippen LogP) is 4.11. The van der Waals surface area contributed by atoms with Crippen molar-refractivity contribution in [1.82, 2.24) is 0 Å². The van der Waals surface area contributed by atoms with E-state index in [0.29, 0.717) is 12.3 Å². The highest BCUT2D eigenvalue weighted by Crippen LogP contribution is 2.44. The molecule has 18 heavy (non-hydrogen) atoms. The van der Waals surface area contributed by atoms with Gasteiger partial charge in [-0.2, -0.15) is 0 Å². The number of carbonyl (C=O) groups is 1. The smallest absolute Gasteiger partial charge is 0.227 e. The summed E-state index contributed by atoms with van der Waals surface area (Å²) in [6, 6.07) is 8.37. The lowest BCUT2D eigenvalue weighted by Crippen LogP contribution is -2.51. The van der Waals surface area contributed by atoms with Crippen LogP contribution in [-0.4, -0.2) is 11.4 Å². The van der Waals surface area contributed by atoms with Gasteiger partial charge in [-0.1, -0.05) is 32.0 Å². The summed E-state index contributed by atoms with van der Waals surface area (Å²) in [5.41, 5.74) is 2.37. The van der Waals surface area contributed by atoms with Crippen molar-refractivity contribution in [1.29, 1.82) is 0 Å². The molecule has 1 aromatic carbocycles. The van der Waals surface area contributed by atoms with E-state index in [2.05, 4.69) is 39.0 Å². The topological polar surface area (TPSA) is 20.3 Å². The quantitative estimate of drug-likeness (QED) is 0.768. The molecule has 1 aromatic rings. The van der Waals surface area contributed by atoms with Crippen LogP contribution < -0.4 is 4.90 Å². The van der Waals surface area contributed by atoms with E-state index in [0.717, 1.165) is 18.5 Å². The van der Waals surface area contributed by atoms with E-state index in [9.17, 15) is 4.79 Å². The van der Waals surface area contributed by atoms with Crippen LogP contribution in [0.25, 0.3) is 0 Å². The fourth-order valence-electron chi connectivity index (χ4n) is 3.16. The molecule has 0 saturated heterocycles. The van der Waals surface area contributed by atoms with Gasteiger partial charge in [0, 0.05) is 17.6 Å². The monoisotopic (exact) mass is 245 g/mol. The Morgan fingerprint density at radius 1 is 1.33 bits per heavy atom. The number of rotatable bonds is 2. The second-order valence-corrected chi connectivity index (χ2v) is 5.76. The van der Waals surface area contributed by atoms with Gasteiger partial charge < -0.3 is 4.90 Å². The first-order chi connectivity index (χ1) is 8.51. The zero-order valence-corrected chi connectivity index (χ0v) is 11.9. The van der Waals surface area contributed by atoms with Gasteiger partial charge in [-0.15, -0.1) is 0 Å². The van der Waals surface area contributed by atoms with E-state index in [1.165, 1.54) is 5.56 Å². The van der Waals surface area contributed by atoms with Crippen LogP contribution in [0.1, 0.15) is 58.4 Å². The Morgan fingerprint density at radius 3 is 2.61 bits per heavy atom. The molecule has 2 rings (SSSR count). The van der Waals surface area contributed by atoms with Crippen LogP contribution in [0.3, 0.4) is 0 Å². The summed E-state index contributed by atoms with van der Waals surface area (Å²) < 4.78 is 0. The van der Waals surface area contributed by atoms with Crippen molar-refractivity contribution in [3.05, 3.63) is 29.8 Å². The lowest BCUT2D eigenvalue weighted by atomic mass is 9.78. The highest BCUT2D eigenvalue weighted by molar-refractivity contribution is 5.96. The van der Waals surface area contributed by atoms with Gasteiger partial charge in [-0.05, 0) is 44.2 Å². The molecule has 0 fully saturated rings. The number of para-hydroxylation sites is 1. The first-order valence-corrected chi connectivity index (χ1v) is 6.93. The molecule has 1 unspecified atom stereocenters. The van der Waals surface area contributed by atoms with Crippen LogP contribution in [0.2, 0.25) is 0 Å². The highest BCUT2D eigenvalue weighted by Gasteiger charge is 2.39. The van der Waals surface area contributed by atoms with Crippen LogP contribution in [0.5, 0.6) is 0 Å². The SMILES string of the molecule is CCC(=O)N1c2ccccc2C(CC)CC1(C)C. The Hall–Kier alpha value is -1.31. The van der Waals surface area contributed by atoms with E-state index in [1.807, 2.05) is 17.9 Å². The number of fused-ring (bicyclic) bond motifs is 1. The van der Waals surface area contributed by atoms with E-state index in [4.69, 9.17) is 0 Å². The van der Waals surface area contributed by atoms with Crippen molar-refractivity contribution in [2.24, 2.45) is 0 Å². The number of anilines is 1. The third kappa shape index (κ3) is 2.05. The summed E-state index contributed by atoms with van der Waals surface area (Å²) in [6.45, 7) is 8.53. The minimum absolute atomic E-state index is 0.0812. The summed E-state index contributed by atoms with van der Waals surface area (Å²) >= 11 is 0. The van der Waals surface area contributed by atoms with Crippen molar-refractivity contribution in [2.75, 3.05) is 4.90 Å². The lowest BCUT2D eigenvalue weighted by Gasteiger charge is -2.46. The third-order valence-electron chi connectivity index (χ3n) is 4.01. The number of benzene rings is 1. The molecule has 0 saturated carbocycles. The van der Waals surface area contributed by atoms with Gasteiger partial charge >= 0.3 is 0 Å². The Bertz CT molecular complexity index is 450. The van der Waals surface area contributed by atoms with Crippen molar-refractivity contribution >= 4 is 11.6 Å². The standard InChI is InChI=1S/C16H23NO/c1-5-12-11-16(3,4)17(15(18)6-2)14-10-8-7-9-13(12)14/h7-10,12H,5-6,11H2,1-4H3. The number of hydrogen-bond acceptors (Lipinski definition) is 1. The van der Waals surface area contributed by atoms with Crippen LogP contribution in [-0.2, 0) is 4.79 Å². The molecule has 0 bridgehead atoms. The molecule has 1 atom stereocenters. The Labute approximate surface area is 110 Å². The van der Waals surface area contributed by atoms with Crippen LogP contribution in [0, 0.1) is 0 Å². The molecular weight excluding hydrogens is 222 g/mol. The van der Waals surface area contributed by atoms with Gasteiger partial charge in [0.1, 0.15) is 0 Å². The van der Waals surface area contributed by atoms with E-state index in [-0.39, 0.29) is 11.4 Å². The van der Waals surface area contributed by atoms with E-state index in [1.54, 1.807) is 0 Å². The average Bonchev–Trinajstić information content (AvgIpc) is 2.36. The molecule has 1 amide bonds. The molecule has 1 aliphatic rings. The molecule has 0 aromatic heterocycles. The summed E-state index contributed by atoms with van der Waals surface area (Å²) in [5.74, 6) is 0.791. The Morgan fingerprint density at radius 2 is 2.00 bits per heavy atom. The molecule has 2 heteroatoms. The van der Waals surface area contributed by atoms with Crippen LogP contribution in [0.15, 0.2) is 24.3 Å². The summed E-state index contributed by atoms with van der Waals surface area (Å²) in [6.07, 6.45) is 2.75. The number of carbonyl (C=O) groups excluding carboxylic acids is 1. The Balaban J connectivity index is 2.55.